The van der Waals surface area contributed by atoms with Crippen LogP contribution < -0.4 is 0 Å². The van der Waals surface area contributed by atoms with Crippen molar-refractivity contribution in [2.45, 2.75) is 62.9 Å². The summed E-state index contributed by atoms with van der Waals surface area (Å²) in [5, 5.41) is 10.5. The van der Waals surface area contributed by atoms with Crippen molar-refractivity contribution in [1.29, 1.82) is 0 Å². The molecule has 1 aromatic rings. The lowest BCUT2D eigenvalue weighted by atomic mass is 9.73. The summed E-state index contributed by atoms with van der Waals surface area (Å²) in [5.41, 5.74) is -1.72. The molecule has 1 aromatic carbocycles. The van der Waals surface area contributed by atoms with E-state index >= 15 is 0 Å². The number of aliphatic hydroxyl groups is 1. The molecule has 8 heteroatoms. The molecule has 2 fully saturated rings. The monoisotopic (exact) mass is 494 g/mol. The second-order valence-electron chi connectivity index (χ2n) is 10.3. The first-order valence-electron chi connectivity index (χ1n) is 12.8. The number of nitrogens with zero attached hydrogens (tertiary/aromatic N) is 2. The van der Waals surface area contributed by atoms with E-state index in [9.17, 15) is 19.5 Å². The first-order chi connectivity index (χ1) is 17.3. The number of rotatable bonds is 5. The first-order valence-corrected chi connectivity index (χ1v) is 12.8. The zero-order chi connectivity index (χ0) is 25.7. The van der Waals surface area contributed by atoms with Crippen LogP contribution in [0.1, 0.15) is 45.2 Å². The highest BCUT2D eigenvalue weighted by atomic mass is 16.6. The van der Waals surface area contributed by atoms with Crippen molar-refractivity contribution >= 4 is 17.8 Å². The number of esters is 1. The zero-order valence-corrected chi connectivity index (χ0v) is 21.0. The Morgan fingerprint density at radius 1 is 1.06 bits per heavy atom. The van der Waals surface area contributed by atoms with E-state index < -0.39 is 41.1 Å². The molecule has 36 heavy (non-hydrogen) atoms. The van der Waals surface area contributed by atoms with Crippen LogP contribution in [0.4, 0.5) is 0 Å². The summed E-state index contributed by atoms with van der Waals surface area (Å²) in [6.07, 6.45) is 8.52. The number of carbonyl (C=O) groups excluding carboxylic acids is 3. The Morgan fingerprint density at radius 3 is 2.47 bits per heavy atom. The summed E-state index contributed by atoms with van der Waals surface area (Å²) < 4.78 is 12.4. The van der Waals surface area contributed by atoms with Crippen LogP contribution in [0.25, 0.3) is 0 Å². The van der Waals surface area contributed by atoms with E-state index in [2.05, 4.69) is 0 Å². The molecular formula is C28H34N2O6. The molecule has 1 spiro atoms. The summed E-state index contributed by atoms with van der Waals surface area (Å²) >= 11 is 0. The minimum Gasteiger partial charge on any atom is -0.465 e. The SMILES string of the molecule is CC[C@]12C=CCCOC(=O)[C@H]1[C@H]1C(=O)N([C@H](CO)c3ccccc3)C3C(=O)N(C(C)C)CC=C[C@@]31O2. The van der Waals surface area contributed by atoms with Crippen LogP contribution in [0.3, 0.4) is 0 Å². The van der Waals surface area contributed by atoms with E-state index in [1.54, 1.807) is 4.90 Å². The topological polar surface area (TPSA) is 96.4 Å². The van der Waals surface area contributed by atoms with Gasteiger partial charge in [0.2, 0.25) is 11.8 Å². The molecule has 4 aliphatic rings. The predicted octanol–water partition coefficient (Wildman–Crippen LogP) is 2.39. The van der Waals surface area contributed by atoms with Gasteiger partial charge in [-0.05, 0) is 32.3 Å². The fraction of sp³-hybridized carbons (Fsp3) is 0.536. The molecular weight excluding hydrogens is 460 g/mol. The number of hydrogen-bond donors (Lipinski definition) is 1. The van der Waals surface area contributed by atoms with Gasteiger partial charge in [-0.25, -0.2) is 0 Å². The van der Waals surface area contributed by atoms with Crippen molar-refractivity contribution in [3.8, 4) is 0 Å². The lowest BCUT2D eigenvalue weighted by Gasteiger charge is -2.41. The van der Waals surface area contributed by atoms with Gasteiger partial charge in [-0.1, -0.05) is 61.6 Å². The van der Waals surface area contributed by atoms with Gasteiger partial charge in [0.1, 0.15) is 23.2 Å². The van der Waals surface area contributed by atoms with Gasteiger partial charge in [-0.15, -0.1) is 0 Å². The van der Waals surface area contributed by atoms with Crippen LogP contribution in [0, 0.1) is 11.8 Å². The fourth-order valence-corrected chi connectivity index (χ4v) is 6.52. The number of hydrogen-bond acceptors (Lipinski definition) is 6. The summed E-state index contributed by atoms with van der Waals surface area (Å²) in [6, 6.07) is 7.27. The van der Waals surface area contributed by atoms with Gasteiger partial charge >= 0.3 is 5.97 Å². The lowest BCUT2D eigenvalue weighted by Crippen LogP contribution is -2.58. The zero-order valence-electron chi connectivity index (χ0n) is 21.0. The Balaban J connectivity index is 1.73. The molecule has 5 rings (SSSR count). The standard InChI is InChI=1S/C28H34N2O6/c1-4-27-13-8-9-16-35-26(34)22(27)21-24(32)30(20(17-31)19-11-6-5-7-12-19)23-25(33)29(18(2)3)15-10-14-28(21,23)36-27/h5-8,10-14,18,20-23,31H,4,9,15-17H2,1-3H3/t20-,21+,22-,23?,27+,28+/m1/s1. The van der Waals surface area contributed by atoms with Crippen LogP contribution >= 0.6 is 0 Å². The number of amides is 2. The quantitative estimate of drug-likeness (QED) is 0.499. The maximum absolute atomic E-state index is 14.4. The van der Waals surface area contributed by atoms with Gasteiger partial charge in [-0.3, -0.25) is 14.4 Å². The first kappa shape index (κ1) is 24.7. The highest BCUT2D eigenvalue weighted by molar-refractivity contribution is 5.99. The molecule has 4 heterocycles. The van der Waals surface area contributed by atoms with Crippen molar-refractivity contribution in [3.05, 3.63) is 60.2 Å². The molecule has 0 aliphatic carbocycles. The second kappa shape index (κ2) is 9.16. The van der Waals surface area contributed by atoms with Crippen molar-refractivity contribution in [2.24, 2.45) is 11.8 Å². The van der Waals surface area contributed by atoms with E-state index in [-0.39, 0.29) is 31.1 Å². The van der Waals surface area contributed by atoms with Gasteiger partial charge in [0, 0.05) is 12.6 Å². The average Bonchev–Trinajstić information content (AvgIpc) is 3.21. The Labute approximate surface area is 211 Å². The van der Waals surface area contributed by atoms with Gasteiger partial charge in [0.15, 0.2) is 0 Å². The molecule has 0 aromatic heterocycles. The maximum Gasteiger partial charge on any atom is 0.313 e. The molecule has 2 amide bonds. The van der Waals surface area contributed by atoms with Crippen LogP contribution in [-0.4, -0.2) is 75.7 Å². The number of aliphatic hydroxyl groups excluding tert-OH is 1. The minimum absolute atomic E-state index is 0.113. The highest BCUT2D eigenvalue weighted by Gasteiger charge is 2.76. The number of cyclic esters (lactones) is 1. The fourth-order valence-electron chi connectivity index (χ4n) is 6.52. The van der Waals surface area contributed by atoms with Crippen LogP contribution in [-0.2, 0) is 23.9 Å². The average molecular weight is 495 g/mol. The third-order valence-corrected chi connectivity index (χ3v) is 8.19. The molecule has 1 N–H and O–H groups in total. The van der Waals surface area contributed by atoms with Crippen molar-refractivity contribution < 1.29 is 29.0 Å². The van der Waals surface area contributed by atoms with E-state index in [0.717, 1.165) is 0 Å². The van der Waals surface area contributed by atoms with Crippen molar-refractivity contribution in [1.82, 2.24) is 9.80 Å². The van der Waals surface area contributed by atoms with Gasteiger partial charge in [0.25, 0.3) is 0 Å². The van der Waals surface area contributed by atoms with Gasteiger partial charge < -0.3 is 24.4 Å². The summed E-state index contributed by atoms with van der Waals surface area (Å²) in [5.74, 6) is -2.97. The number of ether oxygens (including phenoxy) is 2. The third kappa shape index (κ3) is 3.45. The summed E-state index contributed by atoms with van der Waals surface area (Å²) in [7, 11) is 0. The largest absolute Gasteiger partial charge is 0.465 e. The Morgan fingerprint density at radius 2 is 1.81 bits per heavy atom. The summed E-state index contributed by atoms with van der Waals surface area (Å²) in [6.45, 7) is 6.00. The van der Waals surface area contributed by atoms with Crippen LogP contribution in [0.2, 0.25) is 0 Å². The number of benzene rings is 1. The predicted molar refractivity (Wildman–Crippen MR) is 131 cm³/mol. The molecule has 2 saturated heterocycles. The molecule has 0 radical (unpaired) electrons. The van der Waals surface area contributed by atoms with E-state index in [4.69, 9.17) is 9.47 Å². The highest BCUT2D eigenvalue weighted by Crippen LogP contribution is 2.59. The van der Waals surface area contributed by atoms with Crippen molar-refractivity contribution in [2.75, 3.05) is 19.8 Å². The van der Waals surface area contributed by atoms with Crippen molar-refractivity contribution in [3.63, 3.8) is 0 Å². The lowest BCUT2D eigenvalue weighted by molar-refractivity contribution is -0.164. The molecule has 0 bridgehead atoms. The molecule has 4 aliphatic heterocycles. The Kier molecular flexibility index (Phi) is 6.29. The van der Waals surface area contributed by atoms with Gasteiger partial charge in [0.05, 0.1) is 25.2 Å². The number of likely N-dealkylation sites (tertiary alicyclic amines) is 1. The third-order valence-electron chi connectivity index (χ3n) is 8.19. The summed E-state index contributed by atoms with van der Waals surface area (Å²) in [4.78, 5) is 45.3. The van der Waals surface area contributed by atoms with Crippen LogP contribution in [0.15, 0.2) is 54.6 Å². The Bertz CT molecular complexity index is 1100. The normalized spacial score (nSPS) is 34.6. The van der Waals surface area contributed by atoms with E-state index in [0.29, 0.717) is 24.9 Å². The molecule has 192 valence electrons. The number of carbonyl (C=O) groups is 3. The van der Waals surface area contributed by atoms with Crippen LogP contribution in [0.5, 0.6) is 0 Å². The second-order valence-corrected chi connectivity index (χ2v) is 10.3. The van der Waals surface area contributed by atoms with E-state index in [1.807, 2.05) is 75.4 Å². The van der Waals surface area contributed by atoms with E-state index in [1.165, 1.54) is 4.90 Å². The molecule has 1 unspecified atom stereocenters. The Hall–Kier alpha value is -2.97. The smallest absolute Gasteiger partial charge is 0.313 e. The number of fused-ring (bicyclic) bond motifs is 2. The maximum atomic E-state index is 14.4. The van der Waals surface area contributed by atoms with Gasteiger partial charge in [-0.2, -0.15) is 0 Å². The molecule has 8 nitrogen and oxygen atoms in total. The minimum atomic E-state index is -1.37. The molecule has 0 saturated carbocycles. The molecule has 6 atom stereocenters.